The van der Waals surface area contributed by atoms with Gasteiger partial charge in [-0.2, -0.15) is 0 Å². The van der Waals surface area contributed by atoms with Crippen LogP contribution in [0.4, 0.5) is 0 Å². The van der Waals surface area contributed by atoms with E-state index in [9.17, 15) is 0 Å². The molecule has 0 aliphatic carbocycles. The van der Waals surface area contributed by atoms with E-state index in [0.29, 0.717) is 0 Å². The molecule has 0 heterocycles. The lowest BCUT2D eigenvalue weighted by Crippen LogP contribution is -1.81. The lowest BCUT2D eigenvalue weighted by Gasteiger charge is -2.08. The average Bonchev–Trinajstić information content (AvgIpc) is 2.60. The third kappa shape index (κ3) is 1.58. The molecule has 0 saturated carbocycles. The summed E-state index contributed by atoms with van der Waals surface area (Å²) >= 11 is 0. The van der Waals surface area contributed by atoms with Crippen LogP contribution in [0.25, 0.3) is 43.1 Å². The van der Waals surface area contributed by atoms with E-state index in [0.717, 1.165) is 0 Å². The molecule has 5 aromatic rings. The first-order chi connectivity index (χ1) is 10.9. The summed E-state index contributed by atoms with van der Waals surface area (Å²) < 4.78 is 0. The summed E-state index contributed by atoms with van der Waals surface area (Å²) in [5.74, 6) is 0. The predicted octanol–water partition coefficient (Wildman–Crippen LogP) is 6.10. The number of rotatable bonds is 0. The number of fused-ring (bicyclic) bond motifs is 6. The Labute approximate surface area is 128 Å². The largest absolute Gasteiger partial charge is 0.0616 e. The standard InChI is InChI=1S/C22H13/c1-3-7-19-15(5-1)9-11-17-13-18-12-10-16-6-2-4-8-20(16)22(18)14-21(17)19/h1-9,11-14H. The number of benzene rings is 5. The Morgan fingerprint density at radius 2 is 1.23 bits per heavy atom. The molecule has 0 saturated heterocycles. The molecule has 0 atom stereocenters. The molecule has 5 aromatic carbocycles. The molecule has 0 unspecified atom stereocenters. The van der Waals surface area contributed by atoms with Gasteiger partial charge in [0.2, 0.25) is 0 Å². The molecule has 101 valence electrons. The zero-order chi connectivity index (χ0) is 14.5. The second-order valence-electron chi connectivity index (χ2n) is 5.78. The van der Waals surface area contributed by atoms with Gasteiger partial charge in [0.15, 0.2) is 0 Å². The topological polar surface area (TPSA) is 0 Å². The summed E-state index contributed by atoms with van der Waals surface area (Å²) in [6, 6.07) is 31.6. The van der Waals surface area contributed by atoms with E-state index in [1.54, 1.807) is 0 Å². The Bertz CT molecular complexity index is 1080. The second-order valence-corrected chi connectivity index (χ2v) is 5.78. The van der Waals surface area contributed by atoms with E-state index in [2.05, 4.69) is 84.9 Å². The number of hydrogen-bond donors (Lipinski definition) is 0. The van der Waals surface area contributed by atoms with Crippen molar-refractivity contribution in [2.24, 2.45) is 0 Å². The molecule has 0 amide bonds. The lowest BCUT2D eigenvalue weighted by atomic mass is 9.95. The quantitative estimate of drug-likeness (QED) is 0.237. The van der Waals surface area contributed by atoms with Crippen molar-refractivity contribution in [3.63, 3.8) is 0 Å². The lowest BCUT2D eigenvalue weighted by molar-refractivity contribution is 1.77. The summed E-state index contributed by atoms with van der Waals surface area (Å²) in [4.78, 5) is 0. The van der Waals surface area contributed by atoms with E-state index >= 15 is 0 Å². The fraction of sp³-hybridized carbons (Fsp3) is 0. The van der Waals surface area contributed by atoms with Crippen molar-refractivity contribution in [1.82, 2.24) is 0 Å². The van der Waals surface area contributed by atoms with Gasteiger partial charge in [-0.25, -0.2) is 0 Å². The van der Waals surface area contributed by atoms with Crippen molar-refractivity contribution < 1.29 is 0 Å². The molecule has 22 heavy (non-hydrogen) atoms. The van der Waals surface area contributed by atoms with Crippen LogP contribution in [0.3, 0.4) is 0 Å². The predicted molar refractivity (Wildman–Crippen MR) is 95.3 cm³/mol. The summed E-state index contributed by atoms with van der Waals surface area (Å²) in [7, 11) is 0. The molecule has 0 aromatic heterocycles. The normalized spacial score (nSPS) is 11.6. The Kier molecular flexibility index (Phi) is 2.31. The van der Waals surface area contributed by atoms with Crippen LogP contribution in [0, 0.1) is 6.07 Å². The highest BCUT2D eigenvalue weighted by Gasteiger charge is 2.05. The smallest absolute Gasteiger partial charge is 0.00926 e. The molecule has 5 rings (SSSR count). The maximum absolute atomic E-state index is 3.40. The first-order valence-electron chi connectivity index (χ1n) is 7.55. The Morgan fingerprint density at radius 3 is 2.18 bits per heavy atom. The number of hydrogen-bond acceptors (Lipinski definition) is 0. The minimum Gasteiger partial charge on any atom is -0.0616 e. The van der Waals surface area contributed by atoms with Crippen molar-refractivity contribution in [3.05, 3.63) is 84.9 Å². The van der Waals surface area contributed by atoms with Gasteiger partial charge in [0, 0.05) is 0 Å². The molecule has 0 heteroatoms. The first kappa shape index (κ1) is 11.8. The van der Waals surface area contributed by atoms with Crippen LogP contribution < -0.4 is 0 Å². The molecule has 0 fully saturated rings. The van der Waals surface area contributed by atoms with Gasteiger partial charge in [-0.05, 0) is 67.4 Å². The first-order valence-corrected chi connectivity index (χ1v) is 7.55. The van der Waals surface area contributed by atoms with Crippen LogP contribution in [-0.2, 0) is 0 Å². The van der Waals surface area contributed by atoms with Crippen molar-refractivity contribution in [2.75, 3.05) is 0 Å². The van der Waals surface area contributed by atoms with Gasteiger partial charge < -0.3 is 0 Å². The van der Waals surface area contributed by atoms with Gasteiger partial charge in [-0.1, -0.05) is 60.7 Å². The minimum atomic E-state index is 1.18. The van der Waals surface area contributed by atoms with Crippen LogP contribution in [0.5, 0.6) is 0 Å². The van der Waals surface area contributed by atoms with Crippen molar-refractivity contribution >= 4 is 43.1 Å². The van der Waals surface area contributed by atoms with Crippen LogP contribution in [0.2, 0.25) is 0 Å². The van der Waals surface area contributed by atoms with Crippen molar-refractivity contribution in [1.29, 1.82) is 0 Å². The van der Waals surface area contributed by atoms with E-state index < -0.39 is 0 Å². The van der Waals surface area contributed by atoms with Crippen LogP contribution >= 0.6 is 0 Å². The molecule has 0 spiro atoms. The fourth-order valence-corrected chi connectivity index (χ4v) is 3.42. The molecular formula is C22H13. The van der Waals surface area contributed by atoms with Crippen LogP contribution in [-0.4, -0.2) is 0 Å². The molecular weight excluding hydrogens is 264 g/mol. The zero-order valence-corrected chi connectivity index (χ0v) is 12.0. The molecule has 0 aliphatic heterocycles. The summed E-state index contributed by atoms with van der Waals surface area (Å²) in [6.07, 6.45) is 0. The zero-order valence-electron chi connectivity index (χ0n) is 12.0. The molecule has 0 aliphatic rings. The molecule has 0 N–H and O–H groups in total. The molecule has 0 bridgehead atoms. The van der Waals surface area contributed by atoms with E-state index in [1.807, 2.05) is 0 Å². The Morgan fingerprint density at radius 1 is 0.500 bits per heavy atom. The minimum absolute atomic E-state index is 1.18. The SMILES string of the molecule is [c]1cc2cc3ccc4ccccc4c3cc2c2ccccc12. The highest BCUT2D eigenvalue weighted by atomic mass is 14.1. The van der Waals surface area contributed by atoms with Crippen LogP contribution in [0.1, 0.15) is 0 Å². The van der Waals surface area contributed by atoms with E-state index in [-0.39, 0.29) is 0 Å². The summed E-state index contributed by atoms with van der Waals surface area (Å²) in [5.41, 5.74) is 0. The third-order valence-electron chi connectivity index (χ3n) is 4.52. The van der Waals surface area contributed by atoms with Gasteiger partial charge in [-0.15, -0.1) is 0 Å². The van der Waals surface area contributed by atoms with Crippen molar-refractivity contribution in [2.45, 2.75) is 0 Å². The summed E-state index contributed by atoms with van der Waals surface area (Å²) in [6.45, 7) is 0. The van der Waals surface area contributed by atoms with Gasteiger partial charge >= 0.3 is 0 Å². The van der Waals surface area contributed by atoms with Gasteiger partial charge in [0.1, 0.15) is 0 Å². The fourth-order valence-electron chi connectivity index (χ4n) is 3.42. The maximum Gasteiger partial charge on any atom is -0.00926 e. The van der Waals surface area contributed by atoms with Gasteiger partial charge in [0.05, 0.1) is 0 Å². The molecule has 1 radical (unpaired) electrons. The van der Waals surface area contributed by atoms with Gasteiger partial charge in [-0.3, -0.25) is 0 Å². The summed E-state index contributed by atoms with van der Waals surface area (Å²) in [5, 5.41) is 10.2. The van der Waals surface area contributed by atoms with E-state index in [1.165, 1.54) is 43.1 Å². The Balaban J connectivity index is 2.05. The van der Waals surface area contributed by atoms with Crippen molar-refractivity contribution in [3.8, 4) is 0 Å². The highest BCUT2D eigenvalue weighted by Crippen LogP contribution is 2.32. The van der Waals surface area contributed by atoms with Gasteiger partial charge in [0.25, 0.3) is 0 Å². The second kappa shape index (κ2) is 4.32. The third-order valence-corrected chi connectivity index (χ3v) is 4.52. The van der Waals surface area contributed by atoms with E-state index in [4.69, 9.17) is 0 Å². The maximum atomic E-state index is 3.40. The Hall–Kier alpha value is -2.86. The average molecular weight is 277 g/mol. The van der Waals surface area contributed by atoms with Crippen LogP contribution in [0.15, 0.2) is 78.9 Å². The monoisotopic (exact) mass is 277 g/mol. The highest BCUT2D eigenvalue weighted by molar-refractivity contribution is 6.17. The molecule has 0 nitrogen and oxygen atoms in total.